The fraction of sp³-hybridized carbons (Fsp3) is 0.250. The van der Waals surface area contributed by atoms with Gasteiger partial charge in [-0.15, -0.1) is 23.1 Å². The van der Waals surface area contributed by atoms with Gasteiger partial charge in [0.1, 0.15) is 5.54 Å². The van der Waals surface area contributed by atoms with Crippen molar-refractivity contribution in [1.29, 1.82) is 0 Å². The number of nitro groups is 1. The lowest BCUT2D eigenvalue weighted by Crippen LogP contribution is -2.52. The molecule has 9 heteroatoms. The maximum absolute atomic E-state index is 14.1. The molecule has 2 fully saturated rings. The van der Waals surface area contributed by atoms with Crippen molar-refractivity contribution in [2.45, 2.75) is 17.5 Å². The van der Waals surface area contributed by atoms with Gasteiger partial charge in [0.25, 0.3) is 5.69 Å². The normalized spacial score (nSPS) is 28.0. The van der Waals surface area contributed by atoms with Gasteiger partial charge in [-0.3, -0.25) is 24.6 Å². The first-order valence-electron chi connectivity index (χ1n) is 10.6. The number of carbonyl (C=O) groups is 2. The standard InChI is InChI=1S/C24H19N3O4S2/c28-22(19-9-4-10-33-19)21-20(14-5-3-6-15(11-14)27(30)31)18-12-32-13-26(18)24(21)16-7-1-2-8-17(16)25-23(24)29/h1-11,18,20-21H,12-13H2,(H,25,29)/t18-,20-,21-,24+/m0/s1. The van der Waals surface area contributed by atoms with Crippen LogP contribution in [0.5, 0.6) is 0 Å². The zero-order chi connectivity index (χ0) is 22.7. The number of benzene rings is 2. The predicted molar refractivity (Wildman–Crippen MR) is 128 cm³/mol. The van der Waals surface area contributed by atoms with E-state index in [1.807, 2.05) is 41.8 Å². The molecule has 0 unspecified atom stereocenters. The summed E-state index contributed by atoms with van der Waals surface area (Å²) >= 11 is 3.09. The second kappa shape index (κ2) is 7.51. The van der Waals surface area contributed by atoms with E-state index in [0.29, 0.717) is 10.8 Å². The van der Waals surface area contributed by atoms with Crippen LogP contribution in [0, 0.1) is 16.0 Å². The number of nitrogens with zero attached hydrogens (tertiary/aromatic N) is 2. The van der Waals surface area contributed by atoms with Crippen molar-refractivity contribution < 1.29 is 14.5 Å². The molecule has 1 spiro atoms. The van der Waals surface area contributed by atoms with Crippen LogP contribution in [0.4, 0.5) is 11.4 Å². The molecule has 4 heterocycles. The summed E-state index contributed by atoms with van der Waals surface area (Å²) in [5.41, 5.74) is 1.10. The molecular weight excluding hydrogens is 458 g/mol. The average molecular weight is 478 g/mol. The molecule has 0 saturated carbocycles. The lowest BCUT2D eigenvalue weighted by molar-refractivity contribution is -0.384. The summed E-state index contributed by atoms with van der Waals surface area (Å²) in [5, 5.41) is 16.4. The summed E-state index contributed by atoms with van der Waals surface area (Å²) in [5.74, 6) is 0.0242. The summed E-state index contributed by atoms with van der Waals surface area (Å²) in [4.78, 5) is 41.8. The Morgan fingerprint density at radius 2 is 2.00 bits per heavy atom. The highest BCUT2D eigenvalue weighted by molar-refractivity contribution is 7.99. The Hall–Kier alpha value is -3.01. The minimum atomic E-state index is -1.15. The largest absolute Gasteiger partial charge is 0.324 e. The van der Waals surface area contributed by atoms with Gasteiger partial charge < -0.3 is 5.32 Å². The van der Waals surface area contributed by atoms with Crippen molar-refractivity contribution in [2.24, 2.45) is 5.92 Å². The Morgan fingerprint density at radius 3 is 2.79 bits per heavy atom. The van der Waals surface area contributed by atoms with E-state index in [4.69, 9.17) is 0 Å². The number of Topliss-reactive ketones (excluding diaryl/α,β-unsaturated/α-hetero) is 1. The first kappa shape index (κ1) is 20.6. The second-order valence-electron chi connectivity index (χ2n) is 8.50. The predicted octanol–water partition coefficient (Wildman–Crippen LogP) is 4.48. The SMILES string of the molecule is O=C(c1cccs1)[C@@H]1[C@@H](c2cccc([N+](=O)[O-])c2)[C@@H]2CSCN2[C@@]12C(=O)Nc1ccccc12. The number of nitrogens with one attached hydrogen (secondary N) is 1. The van der Waals surface area contributed by atoms with Crippen LogP contribution in [-0.4, -0.2) is 39.2 Å². The number of fused-ring (bicyclic) bond motifs is 4. The molecule has 3 aliphatic heterocycles. The van der Waals surface area contributed by atoms with Crippen molar-refractivity contribution >= 4 is 46.2 Å². The highest BCUT2D eigenvalue weighted by atomic mass is 32.2. The molecule has 1 N–H and O–H groups in total. The van der Waals surface area contributed by atoms with E-state index in [1.165, 1.54) is 17.4 Å². The molecule has 33 heavy (non-hydrogen) atoms. The number of thiophene rings is 1. The molecule has 1 amide bonds. The van der Waals surface area contributed by atoms with E-state index in [0.717, 1.165) is 22.6 Å². The van der Waals surface area contributed by atoms with E-state index in [-0.39, 0.29) is 29.3 Å². The van der Waals surface area contributed by atoms with Gasteiger partial charge in [0.2, 0.25) is 5.91 Å². The molecule has 3 aromatic rings. The molecule has 2 saturated heterocycles. The van der Waals surface area contributed by atoms with Gasteiger partial charge in [-0.05, 0) is 23.1 Å². The van der Waals surface area contributed by atoms with Gasteiger partial charge in [0.05, 0.1) is 15.7 Å². The minimum Gasteiger partial charge on any atom is -0.324 e. The second-order valence-corrected chi connectivity index (χ2v) is 10.4. The number of rotatable bonds is 4. The third-order valence-electron chi connectivity index (χ3n) is 7.04. The molecule has 2 aromatic carbocycles. The van der Waals surface area contributed by atoms with Crippen molar-refractivity contribution in [3.63, 3.8) is 0 Å². The van der Waals surface area contributed by atoms with Crippen LogP contribution in [-0.2, 0) is 10.3 Å². The Kier molecular flexibility index (Phi) is 4.69. The van der Waals surface area contributed by atoms with Gasteiger partial charge in [-0.2, -0.15) is 0 Å². The number of nitro benzene ring substituents is 1. The fourth-order valence-electron chi connectivity index (χ4n) is 5.82. The first-order chi connectivity index (χ1) is 16.0. The highest BCUT2D eigenvalue weighted by Crippen LogP contribution is 2.61. The van der Waals surface area contributed by atoms with Crippen LogP contribution in [0.1, 0.15) is 26.7 Å². The van der Waals surface area contributed by atoms with Crippen LogP contribution in [0.3, 0.4) is 0 Å². The van der Waals surface area contributed by atoms with Gasteiger partial charge in [0.15, 0.2) is 5.78 Å². The third-order valence-corrected chi connectivity index (χ3v) is 8.96. The summed E-state index contributed by atoms with van der Waals surface area (Å²) in [6.45, 7) is 0. The number of anilines is 1. The van der Waals surface area contributed by atoms with E-state index in [1.54, 1.807) is 30.0 Å². The van der Waals surface area contributed by atoms with E-state index in [9.17, 15) is 19.7 Å². The lowest BCUT2D eigenvalue weighted by Gasteiger charge is -2.36. The molecule has 1 aromatic heterocycles. The molecule has 4 atom stereocenters. The van der Waals surface area contributed by atoms with Crippen molar-refractivity contribution in [3.8, 4) is 0 Å². The monoisotopic (exact) mass is 477 g/mol. The topological polar surface area (TPSA) is 92.5 Å². The van der Waals surface area contributed by atoms with E-state index < -0.39 is 16.4 Å². The number of hydrogen-bond donors (Lipinski definition) is 1. The Labute approximate surface area is 197 Å². The number of carbonyl (C=O) groups excluding carboxylic acids is 2. The molecule has 166 valence electrons. The van der Waals surface area contributed by atoms with Crippen LogP contribution in [0.2, 0.25) is 0 Å². The maximum Gasteiger partial charge on any atom is 0.269 e. The Morgan fingerprint density at radius 1 is 1.15 bits per heavy atom. The summed E-state index contributed by atoms with van der Waals surface area (Å²) in [7, 11) is 0. The minimum absolute atomic E-state index is 0.00996. The zero-order valence-corrected chi connectivity index (χ0v) is 19.0. The molecule has 0 radical (unpaired) electrons. The van der Waals surface area contributed by atoms with E-state index in [2.05, 4.69) is 10.2 Å². The van der Waals surface area contributed by atoms with Gasteiger partial charge in [0, 0.05) is 47.0 Å². The molecule has 0 aliphatic carbocycles. The number of ketones is 1. The number of amides is 1. The van der Waals surface area contributed by atoms with Crippen LogP contribution < -0.4 is 5.32 Å². The molecule has 3 aliphatic rings. The van der Waals surface area contributed by atoms with Crippen LogP contribution >= 0.6 is 23.1 Å². The van der Waals surface area contributed by atoms with Gasteiger partial charge in [-0.25, -0.2) is 0 Å². The van der Waals surface area contributed by atoms with Crippen molar-refractivity contribution in [3.05, 3.63) is 92.2 Å². The molecule has 6 rings (SSSR count). The summed E-state index contributed by atoms with van der Waals surface area (Å²) in [6, 6.07) is 17.6. The first-order valence-corrected chi connectivity index (χ1v) is 12.6. The molecule has 0 bridgehead atoms. The van der Waals surface area contributed by atoms with Gasteiger partial charge in [-0.1, -0.05) is 36.4 Å². The fourth-order valence-corrected chi connectivity index (χ4v) is 7.85. The van der Waals surface area contributed by atoms with Crippen LogP contribution in [0.15, 0.2) is 66.0 Å². The molecular formula is C24H19N3O4S2. The van der Waals surface area contributed by atoms with Crippen molar-refractivity contribution in [1.82, 2.24) is 4.90 Å². The Balaban J connectivity index is 1.62. The van der Waals surface area contributed by atoms with Gasteiger partial charge >= 0.3 is 0 Å². The van der Waals surface area contributed by atoms with E-state index >= 15 is 0 Å². The summed E-state index contributed by atoms with van der Waals surface area (Å²) in [6.07, 6.45) is 0. The van der Waals surface area contributed by atoms with Crippen molar-refractivity contribution in [2.75, 3.05) is 16.9 Å². The number of hydrogen-bond acceptors (Lipinski definition) is 7. The highest BCUT2D eigenvalue weighted by Gasteiger charge is 2.69. The smallest absolute Gasteiger partial charge is 0.269 e. The zero-order valence-electron chi connectivity index (χ0n) is 17.3. The lowest BCUT2D eigenvalue weighted by atomic mass is 9.70. The molecule has 7 nitrogen and oxygen atoms in total. The maximum atomic E-state index is 14.1. The number of non-ortho nitro benzene ring substituents is 1. The average Bonchev–Trinajstić information content (AvgIpc) is 3.59. The quantitative estimate of drug-likeness (QED) is 0.339. The number of thioether (sulfide) groups is 1. The van der Waals surface area contributed by atoms with Crippen LogP contribution in [0.25, 0.3) is 0 Å². The third kappa shape index (κ3) is 2.79. The summed E-state index contributed by atoms with van der Waals surface area (Å²) < 4.78 is 0. The Bertz CT molecular complexity index is 1290. The number of para-hydroxylation sites is 1.